The van der Waals surface area contributed by atoms with Crippen molar-refractivity contribution < 1.29 is 14.3 Å². The zero-order valence-electron chi connectivity index (χ0n) is 12.6. The van der Waals surface area contributed by atoms with Crippen LogP contribution in [0.1, 0.15) is 16.1 Å². The van der Waals surface area contributed by atoms with Crippen LogP contribution in [0.4, 0.5) is 0 Å². The molecule has 0 N–H and O–H groups in total. The molecular weight excluding hydrogens is 310 g/mol. The first-order valence-corrected chi connectivity index (χ1v) is 7.95. The van der Waals surface area contributed by atoms with Crippen LogP contribution in [-0.4, -0.2) is 18.1 Å². The number of hydrogen-bond donors (Lipinski definition) is 0. The molecule has 0 aliphatic carbocycles. The van der Waals surface area contributed by atoms with Gasteiger partial charge in [0.15, 0.2) is 0 Å². The van der Waals surface area contributed by atoms with E-state index in [0.29, 0.717) is 5.56 Å². The van der Waals surface area contributed by atoms with Gasteiger partial charge in [0.25, 0.3) is 0 Å². The van der Waals surface area contributed by atoms with Gasteiger partial charge in [-0.2, -0.15) is 0 Å². The van der Waals surface area contributed by atoms with Crippen molar-refractivity contribution in [2.75, 3.05) is 7.11 Å². The van der Waals surface area contributed by atoms with Crippen LogP contribution in [0, 0.1) is 0 Å². The van der Waals surface area contributed by atoms with Crippen LogP contribution >= 0.6 is 11.3 Å². The highest BCUT2D eigenvalue weighted by molar-refractivity contribution is 7.13. The molecule has 0 radical (unpaired) electrons. The molecule has 5 heteroatoms. The number of nitrogens with zero attached hydrogens (tertiary/aromatic N) is 1. The van der Waals surface area contributed by atoms with Crippen molar-refractivity contribution in [1.29, 1.82) is 0 Å². The molecule has 3 aromatic rings. The van der Waals surface area contributed by atoms with E-state index in [4.69, 9.17) is 9.47 Å². The number of aromatic nitrogens is 1. The van der Waals surface area contributed by atoms with Gasteiger partial charge in [-0.25, -0.2) is 9.78 Å². The Balaban J connectivity index is 1.66. The van der Waals surface area contributed by atoms with Crippen molar-refractivity contribution in [3.05, 3.63) is 71.2 Å². The number of rotatable bonds is 5. The zero-order chi connectivity index (χ0) is 16.1. The highest BCUT2D eigenvalue weighted by atomic mass is 32.1. The largest absolute Gasteiger partial charge is 0.497 e. The lowest BCUT2D eigenvalue weighted by Gasteiger charge is -2.03. The summed E-state index contributed by atoms with van der Waals surface area (Å²) in [5, 5.41) is 2.77. The van der Waals surface area contributed by atoms with Gasteiger partial charge in [0.05, 0.1) is 18.4 Å². The second-order valence-corrected chi connectivity index (χ2v) is 5.68. The molecule has 1 heterocycles. The standard InChI is InChI=1S/C18H15NO3S/c1-21-16-9-5-8-14(10-16)17-19-15(12-23-17)11-22-18(20)13-6-3-2-4-7-13/h2-10,12H,11H2,1H3. The number of ether oxygens (including phenoxy) is 2. The summed E-state index contributed by atoms with van der Waals surface area (Å²) in [6, 6.07) is 16.6. The van der Waals surface area contributed by atoms with E-state index in [-0.39, 0.29) is 12.6 Å². The summed E-state index contributed by atoms with van der Waals surface area (Å²) < 4.78 is 10.5. The Morgan fingerprint density at radius 1 is 1.13 bits per heavy atom. The minimum atomic E-state index is -0.346. The summed E-state index contributed by atoms with van der Waals surface area (Å²) in [5.74, 6) is 0.441. The van der Waals surface area contributed by atoms with Crippen LogP contribution in [0.2, 0.25) is 0 Å². The molecule has 2 aromatic carbocycles. The number of esters is 1. The fraction of sp³-hybridized carbons (Fsp3) is 0.111. The third kappa shape index (κ3) is 3.76. The Bertz CT molecular complexity index is 799. The zero-order valence-corrected chi connectivity index (χ0v) is 13.4. The average Bonchev–Trinajstić information content (AvgIpc) is 3.09. The fourth-order valence-electron chi connectivity index (χ4n) is 2.06. The Morgan fingerprint density at radius 3 is 2.74 bits per heavy atom. The Kier molecular flexibility index (Phi) is 4.68. The second-order valence-electron chi connectivity index (χ2n) is 4.82. The smallest absolute Gasteiger partial charge is 0.338 e. The number of thiazole rings is 1. The van der Waals surface area contributed by atoms with Crippen LogP contribution < -0.4 is 4.74 Å². The first kappa shape index (κ1) is 15.2. The third-order valence-corrected chi connectivity index (χ3v) is 4.17. The Hall–Kier alpha value is -2.66. The molecule has 0 bridgehead atoms. The van der Waals surface area contributed by atoms with E-state index < -0.39 is 0 Å². The van der Waals surface area contributed by atoms with E-state index in [0.717, 1.165) is 22.0 Å². The molecule has 0 atom stereocenters. The molecule has 1 aromatic heterocycles. The van der Waals surface area contributed by atoms with Crippen molar-refractivity contribution in [2.24, 2.45) is 0 Å². The van der Waals surface area contributed by atoms with E-state index >= 15 is 0 Å². The van der Waals surface area contributed by atoms with Crippen molar-refractivity contribution in [2.45, 2.75) is 6.61 Å². The number of hydrogen-bond acceptors (Lipinski definition) is 5. The van der Waals surface area contributed by atoms with Crippen molar-refractivity contribution in [3.8, 4) is 16.3 Å². The maximum Gasteiger partial charge on any atom is 0.338 e. The normalized spacial score (nSPS) is 10.3. The van der Waals surface area contributed by atoms with Gasteiger partial charge in [0.2, 0.25) is 0 Å². The van der Waals surface area contributed by atoms with Crippen LogP contribution in [0.5, 0.6) is 5.75 Å². The molecule has 0 aliphatic rings. The molecule has 116 valence electrons. The van der Waals surface area contributed by atoms with Gasteiger partial charge < -0.3 is 9.47 Å². The lowest BCUT2D eigenvalue weighted by molar-refractivity contribution is 0.0468. The predicted molar refractivity (Wildman–Crippen MR) is 89.7 cm³/mol. The molecule has 0 fully saturated rings. The molecule has 4 nitrogen and oxygen atoms in total. The van der Waals surface area contributed by atoms with Gasteiger partial charge in [-0.05, 0) is 24.3 Å². The number of carbonyl (C=O) groups is 1. The van der Waals surface area contributed by atoms with Gasteiger partial charge in [-0.3, -0.25) is 0 Å². The molecule has 0 saturated carbocycles. The van der Waals surface area contributed by atoms with Crippen LogP contribution in [0.15, 0.2) is 60.0 Å². The predicted octanol–water partition coefficient (Wildman–Crippen LogP) is 4.18. The summed E-state index contributed by atoms with van der Waals surface area (Å²) in [7, 11) is 1.63. The summed E-state index contributed by atoms with van der Waals surface area (Å²) in [6.07, 6.45) is 0. The first-order chi connectivity index (χ1) is 11.3. The molecule has 0 unspecified atom stereocenters. The van der Waals surface area contributed by atoms with Crippen LogP contribution in [0.25, 0.3) is 10.6 Å². The van der Waals surface area contributed by atoms with E-state index in [1.165, 1.54) is 11.3 Å². The number of carbonyl (C=O) groups excluding carboxylic acids is 1. The minimum absolute atomic E-state index is 0.161. The third-order valence-electron chi connectivity index (χ3n) is 3.23. The molecule has 3 rings (SSSR count). The molecule has 0 spiro atoms. The maximum absolute atomic E-state index is 11.9. The van der Waals surface area contributed by atoms with Crippen LogP contribution in [-0.2, 0) is 11.3 Å². The highest BCUT2D eigenvalue weighted by Gasteiger charge is 2.10. The highest BCUT2D eigenvalue weighted by Crippen LogP contribution is 2.27. The fourth-order valence-corrected chi connectivity index (χ4v) is 2.86. The monoisotopic (exact) mass is 325 g/mol. The lowest BCUT2D eigenvalue weighted by atomic mass is 10.2. The minimum Gasteiger partial charge on any atom is -0.497 e. The molecule has 0 amide bonds. The van der Waals surface area contributed by atoms with E-state index in [1.54, 1.807) is 31.4 Å². The van der Waals surface area contributed by atoms with Gasteiger partial charge >= 0.3 is 5.97 Å². The average molecular weight is 325 g/mol. The Morgan fingerprint density at radius 2 is 1.96 bits per heavy atom. The van der Waals surface area contributed by atoms with Crippen LogP contribution in [0.3, 0.4) is 0 Å². The summed E-state index contributed by atoms with van der Waals surface area (Å²) in [4.78, 5) is 16.4. The molecule has 0 aliphatic heterocycles. The van der Waals surface area contributed by atoms with Crippen molar-refractivity contribution >= 4 is 17.3 Å². The Labute approximate surface area is 138 Å². The SMILES string of the molecule is COc1cccc(-c2nc(COC(=O)c3ccccc3)cs2)c1. The summed E-state index contributed by atoms with van der Waals surface area (Å²) >= 11 is 1.51. The van der Waals surface area contributed by atoms with E-state index in [9.17, 15) is 4.79 Å². The van der Waals surface area contributed by atoms with Gasteiger partial charge in [0, 0.05) is 10.9 Å². The summed E-state index contributed by atoms with van der Waals surface area (Å²) in [6.45, 7) is 0.161. The molecule has 0 saturated heterocycles. The van der Waals surface area contributed by atoms with Gasteiger partial charge in [0.1, 0.15) is 17.4 Å². The second kappa shape index (κ2) is 7.07. The topological polar surface area (TPSA) is 48.4 Å². The van der Waals surface area contributed by atoms with E-state index in [2.05, 4.69) is 4.98 Å². The van der Waals surface area contributed by atoms with E-state index in [1.807, 2.05) is 35.7 Å². The van der Waals surface area contributed by atoms with Gasteiger partial charge in [-0.1, -0.05) is 30.3 Å². The number of benzene rings is 2. The maximum atomic E-state index is 11.9. The first-order valence-electron chi connectivity index (χ1n) is 7.07. The molecular formula is C18H15NO3S. The van der Waals surface area contributed by atoms with Crippen molar-refractivity contribution in [3.63, 3.8) is 0 Å². The van der Waals surface area contributed by atoms with Gasteiger partial charge in [-0.15, -0.1) is 11.3 Å². The number of methoxy groups -OCH3 is 1. The summed E-state index contributed by atoms with van der Waals surface area (Å²) in [5.41, 5.74) is 2.25. The lowest BCUT2D eigenvalue weighted by Crippen LogP contribution is -2.05. The quantitative estimate of drug-likeness (QED) is 0.660. The molecule has 23 heavy (non-hydrogen) atoms. The van der Waals surface area contributed by atoms with Crippen molar-refractivity contribution in [1.82, 2.24) is 4.98 Å².